The molecule has 6 atom stereocenters. The van der Waals surface area contributed by atoms with E-state index in [-0.39, 0.29) is 17.8 Å². The molecule has 0 aromatic carbocycles. The average molecular weight is 409 g/mol. The minimum atomic E-state index is -0.158. The van der Waals surface area contributed by atoms with Crippen molar-refractivity contribution >= 4 is 17.4 Å². The minimum Gasteiger partial charge on any atom is -0.274 e. The van der Waals surface area contributed by atoms with Crippen molar-refractivity contribution in [2.45, 2.75) is 73.1 Å². The van der Waals surface area contributed by atoms with Crippen molar-refractivity contribution in [3.63, 3.8) is 0 Å². The molecule has 0 fully saturated rings. The molecular weight excluding hydrogens is 372 g/mol. The lowest BCUT2D eigenvalue weighted by molar-refractivity contribution is 0.432. The normalized spacial score (nSPS) is 26.9. The van der Waals surface area contributed by atoms with Gasteiger partial charge in [0.1, 0.15) is 11.7 Å². The summed E-state index contributed by atoms with van der Waals surface area (Å²) in [6.45, 7) is 10.3. The first kappa shape index (κ1) is 25.5. The van der Waals surface area contributed by atoms with Gasteiger partial charge >= 0.3 is 0 Å². The van der Waals surface area contributed by atoms with Crippen LogP contribution in [0.4, 0.5) is 0 Å². The van der Waals surface area contributed by atoms with Crippen LogP contribution in [0, 0.1) is 69.5 Å². The zero-order valence-electron chi connectivity index (χ0n) is 19.4. The summed E-state index contributed by atoms with van der Waals surface area (Å²) in [4.78, 5) is 13.6. The summed E-state index contributed by atoms with van der Waals surface area (Å²) in [6, 6.07) is 6.44. The van der Waals surface area contributed by atoms with Gasteiger partial charge in [0.15, 0.2) is 0 Å². The molecule has 0 N–H and O–H groups in total. The van der Waals surface area contributed by atoms with E-state index in [1.54, 1.807) is 6.92 Å². The monoisotopic (exact) mass is 408 g/mol. The molecule has 2 heterocycles. The lowest BCUT2D eigenvalue weighted by Crippen LogP contribution is -2.34. The Labute approximate surface area is 182 Å². The predicted molar refractivity (Wildman–Crippen MR) is 122 cm³/mol. The van der Waals surface area contributed by atoms with Crippen LogP contribution < -0.4 is 0 Å². The maximum atomic E-state index is 8.84. The zero-order chi connectivity index (χ0) is 22.7. The highest BCUT2D eigenvalue weighted by molar-refractivity contribution is 6.08. The summed E-state index contributed by atoms with van der Waals surface area (Å²) in [5.41, 5.74) is 1.22. The topological polar surface area (TPSA) is 108 Å². The molecule has 0 aromatic rings. The SMILES string of the molecule is CCC(C#N)CC(C#N)CC(C)C#N.CCC1CC2CC(C)C(C)=NC2=NC1=NC. The molecule has 0 aromatic heterocycles. The number of aliphatic imine (C=N–C) groups is 3. The first-order chi connectivity index (χ1) is 14.3. The number of rotatable bonds is 6. The third kappa shape index (κ3) is 7.38. The molecule has 6 unspecified atom stereocenters. The smallest absolute Gasteiger partial charge is 0.133 e. The van der Waals surface area contributed by atoms with Crippen LogP contribution >= 0.6 is 0 Å². The van der Waals surface area contributed by atoms with E-state index in [1.165, 1.54) is 18.6 Å². The van der Waals surface area contributed by atoms with Crippen LogP contribution in [-0.2, 0) is 0 Å². The van der Waals surface area contributed by atoms with Crippen LogP contribution in [-0.4, -0.2) is 24.4 Å². The fourth-order valence-electron chi connectivity index (χ4n) is 3.98. The molecular formula is C24H36N6. The molecule has 0 radical (unpaired) electrons. The standard InChI is InChI=1S/C13H21N3.C11H15N3/c1-5-10-7-11-6-8(2)9(3)15-13(11)16-12(10)14-4;1-3-10(7-13)5-11(8-14)4-9(2)6-12/h8,10-11H,5-7H2,1-4H3;9-11H,3-5H2,1-2H3. The van der Waals surface area contributed by atoms with Crippen LogP contribution in [0.3, 0.4) is 0 Å². The van der Waals surface area contributed by atoms with Crippen molar-refractivity contribution < 1.29 is 0 Å². The van der Waals surface area contributed by atoms with Gasteiger partial charge in [-0.25, -0.2) is 9.98 Å². The minimum absolute atomic E-state index is 0.0504. The van der Waals surface area contributed by atoms with Gasteiger partial charge in [-0.15, -0.1) is 0 Å². The van der Waals surface area contributed by atoms with Gasteiger partial charge in [0.2, 0.25) is 0 Å². The van der Waals surface area contributed by atoms with Crippen molar-refractivity contribution in [2.24, 2.45) is 50.5 Å². The molecule has 0 amide bonds. The summed E-state index contributed by atoms with van der Waals surface area (Å²) >= 11 is 0. The van der Waals surface area contributed by atoms with E-state index in [0.29, 0.717) is 30.6 Å². The van der Waals surface area contributed by atoms with Crippen molar-refractivity contribution in [2.75, 3.05) is 7.05 Å². The summed E-state index contributed by atoms with van der Waals surface area (Å²) in [6.07, 6.45) is 5.47. The maximum Gasteiger partial charge on any atom is 0.133 e. The highest BCUT2D eigenvalue weighted by Gasteiger charge is 2.33. The molecule has 0 saturated heterocycles. The molecule has 2 aliphatic heterocycles. The first-order valence-electron chi connectivity index (χ1n) is 11.1. The molecule has 6 heteroatoms. The summed E-state index contributed by atoms with van der Waals surface area (Å²) in [7, 11) is 1.84. The molecule has 2 rings (SSSR count). The Morgan fingerprint density at radius 3 is 2.20 bits per heavy atom. The quantitative estimate of drug-likeness (QED) is 0.572. The molecule has 0 saturated carbocycles. The van der Waals surface area contributed by atoms with Crippen LogP contribution in [0.2, 0.25) is 0 Å². The largest absolute Gasteiger partial charge is 0.274 e. The van der Waals surface area contributed by atoms with E-state index in [1.807, 2.05) is 14.0 Å². The van der Waals surface area contributed by atoms with Crippen molar-refractivity contribution in [1.82, 2.24) is 0 Å². The molecule has 2 aliphatic rings. The number of nitriles is 3. The molecule has 162 valence electrons. The molecule has 0 bridgehead atoms. The molecule has 30 heavy (non-hydrogen) atoms. The highest BCUT2D eigenvalue weighted by Crippen LogP contribution is 2.33. The number of hydrogen-bond donors (Lipinski definition) is 0. The second-order valence-corrected chi connectivity index (χ2v) is 8.54. The van der Waals surface area contributed by atoms with E-state index in [9.17, 15) is 0 Å². The molecule has 0 spiro atoms. The van der Waals surface area contributed by atoms with Gasteiger partial charge in [-0.1, -0.05) is 20.8 Å². The van der Waals surface area contributed by atoms with Gasteiger partial charge in [0.25, 0.3) is 0 Å². The lowest BCUT2D eigenvalue weighted by Gasteiger charge is -2.32. The maximum absolute atomic E-state index is 8.84. The summed E-state index contributed by atoms with van der Waals surface area (Å²) in [5, 5.41) is 26.2. The molecule has 0 aliphatic carbocycles. The van der Waals surface area contributed by atoms with Crippen molar-refractivity contribution in [3.05, 3.63) is 0 Å². The fourth-order valence-corrected chi connectivity index (χ4v) is 3.98. The van der Waals surface area contributed by atoms with Crippen molar-refractivity contribution in [3.8, 4) is 18.2 Å². The first-order valence-corrected chi connectivity index (χ1v) is 11.1. The van der Waals surface area contributed by atoms with Crippen molar-refractivity contribution in [1.29, 1.82) is 15.8 Å². The van der Waals surface area contributed by atoms with E-state index in [2.05, 4.69) is 54.0 Å². The van der Waals surface area contributed by atoms with E-state index in [4.69, 9.17) is 15.8 Å². The highest BCUT2D eigenvalue weighted by atomic mass is 15.0. The van der Waals surface area contributed by atoms with E-state index in [0.717, 1.165) is 24.5 Å². The lowest BCUT2D eigenvalue weighted by atomic mass is 9.80. The van der Waals surface area contributed by atoms with Crippen LogP contribution in [0.15, 0.2) is 15.0 Å². The van der Waals surface area contributed by atoms with Gasteiger partial charge in [-0.05, 0) is 58.3 Å². The van der Waals surface area contributed by atoms with E-state index >= 15 is 0 Å². The van der Waals surface area contributed by atoms with E-state index < -0.39 is 0 Å². The second-order valence-electron chi connectivity index (χ2n) is 8.54. The number of hydrogen-bond acceptors (Lipinski definition) is 5. The Bertz CT molecular complexity index is 773. The van der Waals surface area contributed by atoms with Crippen LogP contribution in [0.25, 0.3) is 0 Å². The Morgan fingerprint density at radius 1 is 1.03 bits per heavy atom. The average Bonchev–Trinajstić information content (AvgIpc) is 2.76. The van der Waals surface area contributed by atoms with Gasteiger partial charge in [-0.2, -0.15) is 15.8 Å². The van der Waals surface area contributed by atoms with Gasteiger partial charge in [0.05, 0.1) is 18.2 Å². The molecule has 6 nitrogen and oxygen atoms in total. The summed E-state index contributed by atoms with van der Waals surface area (Å²) < 4.78 is 0. The van der Waals surface area contributed by atoms with Gasteiger partial charge in [-0.3, -0.25) is 4.99 Å². The predicted octanol–water partition coefficient (Wildman–Crippen LogP) is 5.58. The zero-order valence-corrected chi connectivity index (χ0v) is 19.4. The number of nitrogens with zero attached hydrogens (tertiary/aromatic N) is 6. The Morgan fingerprint density at radius 2 is 1.70 bits per heavy atom. The fraction of sp³-hybridized carbons (Fsp3) is 0.750. The Balaban J connectivity index is 0.000000304. The number of fused-ring (bicyclic) bond motifs is 1. The van der Waals surface area contributed by atoms with Gasteiger partial charge in [0, 0.05) is 42.3 Å². The van der Waals surface area contributed by atoms with Gasteiger partial charge < -0.3 is 0 Å². The number of amidine groups is 2. The Hall–Kier alpha value is -2.52. The Kier molecular flexibility index (Phi) is 11.0. The van der Waals surface area contributed by atoms with Crippen LogP contribution in [0.5, 0.6) is 0 Å². The third-order valence-corrected chi connectivity index (χ3v) is 6.18. The second kappa shape index (κ2) is 12.9. The third-order valence-electron chi connectivity index (χ3n) is 6.18. The van der Waals surface area contributed by atoms with Crippen LogP contribution in [0.1, 0.15) is 73.1 Å². The summed E-state index contributed by atoms with van der Waals surface area (Å²) in [5.74, 6) is 3.44.